The summed E-state index contributed by atoms with van der Waals surface area (Å²) in [5, 5.41) is 2.74. The molecule has 6 nitrogen and oxygen atoms in total. The molecular weight excluding hydrogens is 375 g/mol. The van der Waals surface area contributed by atoms with Crippen LogP contribution in [0.3, 0.4) is 0 Å². The summed E-state index contributed by atoms with van der Waals surface area (Å²) in [5.41, 5.74) is 1.48. The highest BCUT2D eigenvalue weighted by atomic mass is 32.2. The Morgan fingerprint density at radius 1 is 1.46 bits per heavy atom. The molecule has 0 saturated carbocycles. The molecule has 1 aromatic carbocycles. The lowest BCUT2D eigenvalue weighted by molar-refractivity contribution is -0.128. The average molecular weight is 390 g/mol. The fraction of sp³-hybridized carbons (Fsp3) is 0.176. The number of thioether (sulfide) groups is 1. The van der Waals surface area contributed by atoms with Gasteiger partial charge < -0.3 is 10.3 Å². The lowest BCUT2D eigenvalue weighted by atomic mass is 10.2. The summed E-state index contributed by atoms with van der Waals surface area (Å²) >= 11 is 6.29. The predicted molar refractivity (Wildman–Crippen MR) is 102 cm³/mol. The summed E-state index contributed by atoms with van der Waals surface area (Å²) < 4.78 is 13.6. The fourth-order valence-corrected chi connectivity index (χ4v) is 3.60. The number of imidazole rings is 1. The van der Waals surface area contributed by atoms with Gasteiger partial charge in [-0.2, -0.15) is 0 Å². The number of hydrogen-bond donors (Lipinski definition) is 2. The van der Waals surface area contributed by atoms with E-state index in [-0.39, 0.29) is 24.2 Å². The van der Waals surface area contributed by atoms with Crippen LogP contribution in [0.5, 0.6) is 0 Å². The minimum Gasteiger partial charge on any atom is -0.354 e. The lowest BCUT2D eigenvalue weighted by Gasteiger charge is -2.14. The number of carbonyl (C=O) groups is 2. The van der Waals surface area contributed by atoms with E-state index in [0.717, 1.165) is 17.5 Å². The van der Waals surface area contributed by atoms with E-state index in [4.69, 9.17) is 12.2 Å². The number of H-pyrrole nitrogens is 1. The SMILES string of the molecule is O=C(CN1C(=O)C(=Cc2cccc(F)c2)SC1=S)NCCc1cnc[nH]1. The van der Waals surface area contributed by atoms with Crippen molar-refractivity contribution in [1.82, 2.24) is 20.2 Å². The Morgan fingerprint density at radius 2 is 2.31 bits per heavy atom. The van der Waals surface area contributed by atoms with Crippen LogP contribution in [0.25, 0.3) is 6.08 Å². The molecule has 26 heavy (non-hydrogen) atoms. The monoisotopic (exact) mass is 390 g/mol. The van der Waals surface area contributed by atoms with Gasteiger partial charge in [-0.3, -0.25) is 14.5 Å². The number of thiocarbonyl (C=S) groups is 1. The van der Waals surface area contributed by atoms with Crippen LogP contribution in [-0.4, -0.2) is 44.1 Å². The van der Waals surface area contributed by atoms with Crippen molar-refractivity contribution in [2.45, 2.75) is 6.42 Å². The van der Waals surface area contributed by atoms with E-state index in [1.807, 2.05) is 0 Å². The van der Waals surface area contributed by atoms with Crippen LogP contribution in [0.1, 0.15) is 11.3 Å². The molecule has 0 bridgehead atoms. The topological polar surface area (TPSA) is 78.1 Å². The fourth-order valence-electron chi connectivity index (χ4n) is 2.34. The molecule has 3 rings (SSSR count). The van der Waals surface area contributed by atoms with Crippen molar-refractivity contribution in [3.63, 3.8) is 0 Å². The third-order valence-electron chi connectivity index (χ3n) is 3.59. The maximum atomic E-state index is 13.3. The molecule has 134 valence electrons. The van der Waals surface area contributed by atoms with Gasteiger partial charge in [-0.15, -0.1) is 0 Å². The van der Waals surface area contributed by atoms with Crippen molar-refractivity contribution in [3.8, 4) is 0 Å². The Kier molecular flexibility index (Phi) is 5.79. The Hall–Kier alpha value is -2.52. The predicted octanol–water partition coefficient (Wildman–Crippen LogP) is 2.11. The van der Waals surface area contributed by atoms with Crippen molar-refractivity contribution in [2.75, 3.05) is 13.1 Å². The lowest BCUT2D eigenvalue weighted by Crippen LogP contribution is -2.40. The van der Waals surface area contributed by atoms with Crippen LogP contribution in [0, 0.1) is 5.82 Å². The molecule has 9 heteroatoms. The molecule has 0 radical (unpaired) electrons. The third-order valence-corrected chi connectivity index (χ3v) is 4.97. The van der Waals surface area contributed by atoms with Crippen LogP contribution >= 0.6 is 24.0 Å². The van der Waals surface area contributed by atoms with Gasteiger partial charge in [0.05, 0.1) is 11.2 Å². The molecule has 0 aliphatic carbocycles. The summed E-state index contributed by atoms with van der Waals surface area (Å²) in [4.78, 5) is 33.0. The van der Waals surface area contributed by atoms with Gasteiger partial charge in [-0.05, 0) is 23.8 Å². The van der Waals surface area contributed by atoms with E-state index in [1.165, 1.54) is 17.0 Å². The van der Waals surface area contributed by atoms with Gasteiger partial charge in [0.25, 0.3) is 5.91 Å². The smallest absolute Gasteiger partial charge is 0.266 e. The second-order valence-corrected chi connectivity index (χ2v) is 7.18. The number of amides is 2. The number of nitrogens with one attached hydrogen (secondary N) is 2. The Bertz CT molecular complexity index is 867. The molecule has 1 aromatic heterocycles. The standard InChI is InChI=1S/C17H15FN4O2S2/c18-12-3-1-2-11(6-12)7-14-16(24)22(17(25)26-14)9-15(23)20-5-4-13-8-19-10-21-13/h1-3,6-8,10H,4-5,9H2,(H,19,21)(H,20,23). The second kappa shape index (κ2) is 8.24. The van der Waals surface area contributed by atoms with E-state index in [9.17, 15) is 14.0 Å². The first-order valence-electron chi connectivity index (χ1n) is 7.78. The number of nitrogens with zero attached hydrogens (tertiary/aromatic N) is 2. The summed E-state index contributed by atoms with van der Waals surface area (Å²) in [6, 6.07) is 5.91. The van der Waals surface area contributed by atoms with Crippen molar-refractivity contribution < 1.29 is 14.0 Å². The van der Waals surface area contributed by atoms with Gasteiger partial charge in [0.15, 0.2) is 0 Å². The van der Waals surface area contributed by atoms with Gasteiger partial charge in [0.1, 0.15) is 16.7 Å². The highest BCUT2D eigenvalue weighted by Crippen LogP contribution is 2.32. The van der Waals surface area contributed by atoms with Crippen molar-refractivity contribution in [2.24, 2.45) is 0 Å². The molecule has 2 amide bonds. The highest BCUT2D eigenvalue weighted by Gasteiger charge is 2.33. The molecule has 1 fully saturated rings. The minimum absolute atomic E-state index is 0.145. The quantitative estimate of drug-likeness (QED) is 0.584. The summed E-state index contributed by atoms with van der Waals surface area (Å²) in [5.74, 6) is -1.04. The number of rotatable bonds is 6. The van der Waals surface area contributed by atoms with Crippen molar-refractivity contribution in [3.05, 3.63) is 58.8 Å². The Morgan fingerprint density at radius 3 is 3.04 bits per heavy atom. The molecule has 2 heterocycles. The summed E-state index contributed by atoms with van der Waals surface area (Å²) in [6.07, 6.45) is 5.44. The van der Waals surface area contributed by atoms with Crippen molar-refractivity contribution >= 4 is 46.2 Å². The van der Waals surface area contributed by atoms with E-state index in [2.05, 4.69) is 15.3 Å². The van der Waals surface area contributed by atoms with Gasteiger partial charge in [-0.25, -0.2) is 9.37 Å². The van der Waals surface area contributed by atoms with Crippen LogP contribution in [0.15, 0.2) is 41.7 Å². The third kappa shape index (κ3) is 4.55. The zero-order chi connectivity index (χ0) is 18.5. The van der Waals surface area contributed by atoms with Gasteiger partial charge in [0, 0.05) is 24.9 Å². The van der Waals surface area contributed by atoms with Crippen molar-refractivity contribution in [1.29, 1.82) is 0 Å². The molecule has 1 aliphatic heterocycles. The van der Waals surface area contributed by atoms with Gasteiger partial charge in [0.2, 0.25) is 5.91 Å². The van der Waals surface area contributed by atoms with E-state index in [0.29, 0.717) is 27.8 Å². The molecular formula is C17H15FN4O2S2. The number of halogens is 1. The molecule has 1 saturated heterocycles. The average Bonchev–Trinajstić information content (AvgIpc) is 3.19. The van der Waals surface area contributed by atoms with E-state index < -0.39 is 0 Å². The normalized spacial score (nSPS) is 15.7. The maximum absolute atomic E-state index is 13.3. The molecule has 0 spiro atoms. The van der Waals surface area contributed by atoms with Crippen LogP contribution in [-0.2, 0) is 16.0 Å². The second-order valence-electron chi connectivity index (χ2n) is 5.50. The number of aromatic nitrogens is 2. The molecule has 0 atom stereocenters. The molecule has 2 N–H and O–H groups in total. The zero-order valence-corrected chi connectivity index (χ0v) is 15.2. The first-order valence-corrected chi connectivity index (χ1v) is 9.00. The first kappa shape index (κ1) is 18.3. The molecule has 2 aromatic rings. The first-order chi connectivity index (χ1) is 12.5. The van der Waals surface area contributed by atoms with E-state index >= 15 is 0 Å². The Labute approximate surface area is 158 Å². The number of carbonyl (C=O) groups excluding carboxylic acids is 2. The van der Waals surface area contributed by atoms with Crippen LogP contribution < -0.4 is 5.32 Å². The number of benzene rings is 1. The molecule has 1 aliphatic rings. The highest BCUT2D eigenvalue weighted by molar-refractivity contribution is 8.26. The largest absolute Gasteiger partial charge is 0.354 e. The maximum Gasteiger partial charge on any atom is 0.266 e. The number of hydrogen-bond acceptors (Lipinski definition) is 5. The van der Waals surface area contributed by atoms with E-state index in [1.54, 1.807) is 30.7 Å². The summed E-state index contributed by atoms with van der Waals surface area (Å²) in [7, 11) is 0. The van der Waals surface area contributed by atoms with Gasteiger partial charge >= 0.3 is 0 Å². The Balaban J connectivity index is 1.57. The zero-order valence-electron chi connectivity index (χ0n) is 13.6. The van der Waals surface area contributed by atoms with Crippen LogP contribution in [0.4, 0.5) is 4.39 Å². The molecule has 0 unspecified atom stereocenters. The minimum atomic E-state index is -0.383. The number of aromatic amines is 1. The van der Waals surface area contributed by atoms with Crippen LogP contribution in [0.2, 0.25) is 0 Å². The summed E-state index contributed by atoms with van der Waals surface area (Å²) in [6.45, 7) is 0.281. The van der Waals surface area contributed by atoms with Gasteiger partial charge in [-0.1, -0.05) is 36.1 Å².